The van der Waals surface area contributed by atoms with Crippen LogP contribution in [0.2, 0.25) is 5.02 Å². The zero-order valence-corrected chi connectivity index (χ0v) is 21.4. The highest BCUT2D eigenvalue weighted by molar-refractivity contribution is 6.39. The van der Waals surface area contributed by atoms with E-state index in [0.717, 1.165) is 10.5 Å². The third kappa shape index (κ3) is 6.22. The van der Waals surface area contributed by atoms with Crippen molar-refractivity contribution in [2.75, 3.05) is 18.1 Å². The van der Waals surface area contributed by atoms with Crippen LogP contribution in [0.1, 0.15) is 18.1 Å². The first-order valence-corrected chi connectivity index (χ1v) is 12.2. The summed E-state index contributed by atoms with van der Waals surface area (Å²) in [5.74, 6) is -0.0387. The van der Waals surface area contributed by atoms with Crippen molar-refractivity contribution >= 4 is 41.2 Å². The van der Waals surface area contributed by atoms with Gasteiger partial charge < -0.3 is 14.2 Å². The van der Waals surface area contributed by atoms with Crippen LogP contribution in [0.4, 0.5) is 10.5 Å². The first-order chi connectivity index (χ1) is 18.4. The van der Waals surface area contributed by atoms with Gasteiger partial charge in [-0.3, -0.25) is 14.9 Å². The van der Waals surface area contributed by atoms with Gasteiger partial charge in [-0.2, -0.15) is 0 Å². The molecule has 0 atom stereocenters. The number of rotatable bonds is 10. The van der Waals surface area contributed by atoms with Crippen molar-refractivity contribution in [3.05, 3.63) is 101 Å². The number of imide groups is 2. The van der Waals surface area contributed by atoms with E-state index in [9.17, 15) is 14.4 Å². The monoisotopic (exact) mass is 532 g/mol. The summed E-state index contributed by atoms with van der Waals surface area (Å²) in [5, 5.41) is 2.86. The van der Waals surface area contributed by atoms with Crippen LogP contribution in [0.25, 0.3) is 6.08 Å². The highest BCUT2D eigenvalue weighted by Crippen LogP contribution is 2.30. The molecule has 0 bridgehead atoms. The zero-order chi connectivity index (χ0) is 27.1. The topological polar surface area (TPSA) is 94.2 Å². The fraction of sp³-hybridized carbons (Fsp3) is 0.138. The average Bonchev–Trinajstić information content (AvgIpc) is 2.91. The first kappa shape index (κ1) is 26.5. The van der Waals surface area contributed by atoms with Crippen LogP contribution in [0.15, 0.2) is 85.0 Å². The molecule has 9 heteroatoms. The Labute approximate surface area is 225 Å². The van der Waals surface area contributed by atoms with Gasteiger partial charge in [0.05, 0.1) is 12.3 Å². The number of nitrogens with zero attached hydrogens (tertiary/aromatic N) is 1. The van der Waals surface area contributed by atoms with E-state index in [1.807, 2.05) is 19.1 Å². The van der Waals surface area contributed by atoms with Gasteiger partial charge in [0.25, 0.3) is 11.8 Å². The number of amides is 4. The Morgan fingerprint density at radius 1 is 0.921 bits per heavy atom. The van der Waals surface area contributed by atoms with Gasteiger partial charge >= 0.3 is 6.03 Å². The summed E-state index contributed by atoms with van der Waals surface area (Å²) in [6.45, 7) is 6.47. The molecular formula is C29H25ClN2O6. The predicted molar refractivity (Wildman–Crippen MR) is 145 cm³/mol. The molecule has 1 aliphatic rings. The Balaban J connectivity index is 1.53. The quantitative estimate of drug-likeness (QED) is 0.209. The van der Waals surface area contributed by atoms with Crippen LogP contribution in [0, 0.1) is 0 Å². The second-order valence-corrected chi connectivity index (χ2v) is 8.54. The Morgan fingerprint density at radius 2 is 1.66 bits per heavy atom. The third-order valence-electron chi connectivity index (χ3n) is 5.45. The van der Waals surface area contributed by atoms with Crippen molar-refractivity contribution in [3.63, 3.8) is 0 Å². The van der Waals surface area contributed by atoms with E-state index in [4.69, 9.17) is 25.8 Å². The molecule has 0 spiro atoms. The number of halogens is 1. The fourth-order valence-corrected chi connectivity index (χ4v) is 3.77. The molecule has 1 saturated heterocycles. The maximum absolute atomic E-state index is 13.3. The number of benzene rings is 3. The molecular weight excluding hydrogens is 508 g/mol. The molecule has 0 unspecified atom stereocenters. The van der Waals surface area contributed by atoms with Gasteiger partial charge in [0.1, 0.15) is 24.5 Å². The van der Waals surface area contributed by atoms with Crippen molar-refractivity contribution in [1.29, 1.82) is 0 Å². The number of anilines is 1. The van der Waals surface area contributed by atoms with Gasteiger partial charge in [-0.15, -0.1) is 0 Å². The number of carbonyl (C=O) groups is 3. The van der Waals surface area contributed by atoms with Gasteiger partial charge in [0, 0.05) is 5.02 Å². The van der Waals surface area contributed by atoms with E-state index >= 15 is 0 Å². The Hall–Kier alpha value is -4.56. The van der Waals surface area contributed by atoms with Crippen LogP contribution in [0.5, 0.6) is 17.2 Å². The summed E-state index contributed by atoms with van der Waals surface area (Å²) >= 11 is 5.91. The van der Waals surface area contributed by atoms with Crippen LogP contribution >= 0.6 is 11.6 Å². The molecule has 3 aromatic rings. The number of nitrogens with one attached hydrogen (secondary N) is 1. The lowest BCUT2D eigenvalue weighted by molar-refractivity contribution is -0.122. The maximum Gasteiger partial charge on any atom is 0.335 e. The lowest BCUT2D eigenvalue weighted by Crippen LogP contribution is -2.54. The highest BCUT2D eigenvalue weighted by atomic mass is 35.5. The minimum atomic E-state index is -0.838. The number of ether oxygens (including phenoxy) is 3. The molecule has 38 heavy (non-hydrogen) atoms. The van der Waals surface area contributed by atoms with E-state index in [2.05, 4.69) is 11.9 Å². The zero-order valence-electron chi connectivity index (χ0n) is 20.6. The summed E-state index contributed by atoms with van der Waals surface area (Å²) < 4.78 is 17.0. The summed E-state index contributed by atoms with van der Waals surface area (Å²) in [5.41, 5.74) is 1.55. The first-order valence-electron chi connectivity index (χ1n) is 11.8. The molecule has 1 aliphatic heterocycles. The van der Waals surface area contributed by atoms with E-state index in [0.29, 0.717) is 47.7 Å². The van der Waals surface area contributed by atoms with Gasteiger partial charge in [0.2, 0.25) is 0 Å². The summed E-state index contributed by atoms with van der Waals surface area (Å²) in [4.78, 5) is 39.3. The van der Waals surface area contributed by atoms with E-state index < -0.39 is 17.8 Å². The second kappa shape index (κ2) is 12.1. The number of barbiturate groups is 1. The minimum absolute atomic E-state index is 0.199. The minimum Gasteiger partial charge on any atom is -0.490 e. The average molecular weight is 533 g/mol. The summed E-state index contributed by atoms with van der Waals surface area (Å²) in [7, 11) is 0. The molecule has 0 aromatic heterocycles. The van der Waals surface area contributed by atoms with E-state index in [1.165, 1.54) is 6.08 Å². The highest BCUT2D eigenvalue weighted by Gasteiger charge is 2.36. The van der Waals surface area contributed by atoms with Gasteiger partial charge in [-0.1, -0.05) is 42.5 Å². The number of urea groups is 1. The standard InChI is InChI=1S/C29H25ClN2O6/c1-3-15-37-25-14-7-20(17-26(25)36-4-2)16-24-27(33)31-29(35)32(28(24)34)22-10-12-23(13-11-22)38-18-19-5-8-21(30)9-6-19/h3,5-14,16-17H,1,4,15,18H2,2H3,(H,31,33,35)/b24-16+. The van der Waals surface area contributed by atoms with Gasteiger partial charge in [-0.05, 0) is 72.7 Å². The summed E-state index contributed by atoms with van der Waals surface area (Å²) in [6.07, 6.45) is 3.01. The summed E-state index contributed by atoms with van der Waals surface area (Å²) in [6, 6.07) is 17.9. The Bertz CT molecular complexity index is 1380. The predicted octanol–water partition coefficient (Wildman–Crippen LogP) is 5.55. The molecule has 0 aliphatic carbocycles. The molecule has 0 radical (unpaired) electrons. The van der Waals surface area contributed by atoms with Crippen molar-refractivity contribution in [2.45, 2.75) is 13.5 Å². The smallest absolute Gasteiger partial charge is 0.335 e. The number of hydrogen-bond donors (Lipinski definition) is 1. The largest absolute Gasteiger partial charge is 0.490 e. The lowest BCUT2D eigenvalue weighted by atomic mass is 10.1. The molecule has 1 heterocycles. The molecule has 4 rings (SSSR count). The van der Waals surface area contributed by atoms with Gasteiger partial charge in [0.15, 0.2) is 11.5 Å². The van der Waals surface area contributed by atoms with Crippen LogP contribution < -0.4 is 24.4 Å². The van der Waals surface area contributed by atoms with Crippen LogP contribution in [-0.4, -0.2) is 31.1 Å². The maximum atomic E-state index is 13.3. The molecule has 194 valence electrons. The number of carbonyl (C=O) groups excluding carboxylic acids is 3. The number of hydrogen-bond acceptors (Lipinski definition) is 6. The molecule has 0 saturated carbocycles. The van der Waals surface area contributed by atoms with Crippen molar-refractivity contribution in [2.24, 2.45) is 0 Å². The van der Waals surface area contributed by atoms with Crippen molar-refractivity contribution < 1.29 is 28.6 Å². The van der Waals surface area contributed by atoms with E-state index in [1.54, 1.807) is 60.7 Å². The lowest BCUT2D eigenvalue weighted by Gasteiger charge is -2.26. The molecule has 3 aromatic carbocycles. The van der Waals surface area contributed by atoms with Gasteiger partial charge in [-0.25, -0.2) is 9.69 Å². The van der Waals surface area contributed by atoms with Crippen LogP contribution in [-0.2, 0) is 16.2 Å². The normalized spacial score (nSPS) is 14.3. The fourth-order valence-electron chi connectivity index (χ4n) is 3.65. The van der Waals surface area contributed by atoms with Crippen LogP contribution in [0.3, 0.4) is 0 Å². The molecule has 8 nitrogen and oxygen atoms in total. The second-order valence-electron chi connectivity index (χ2n) is 8.11. The van der Waals surface area contributed by atoms with E-state index in [-0.39, 0.29) is 11.3 Å². The van der Waals surface area contributed by atoms with Crippen molar-refractivity contribution in [1.82, 2.24) is 5.32 Å². The molecule has 1 N–H and O–H groups in total. The Morgan fingerprint density at radius 3 is 2.34 bits per heavy atom. The SMILES string of the molecule is C=CCOc1ccc(/C=C2\C(=O)NC(=O)N(c3ccc(OCc4ccc(Cl)cc4)cc3)C2=O)cc1OCC. The molecule has 1 fully saturated rings. The van der Waals surface area contributed by atoms with Crippen molar-refractivity contribution in [3.8, 4) is 17.2 Å². The molecule has 4 amide bonds. The Kier molecular flexibility index (Phi) is 8.45. The third-order valence-corrected chi connectivity index (χ3v) is 5.70.